The molecule has 6 heteroatoms. The highest BCUT2D eigenvalue weighted by molar-refractivity contribution is 5.94. The number of ether oxygens (including phenoxy) is 1. The zero-order valence-corrected chi connectivity index (χ0v) is 12.7. The largest absolute Gasteiger partial charge is 0.488 e. The molecule has 1 aromatic rings. The second kappa shape index (κ2) is 7.54. The molecule has 1 fully saturated rings. The van der Waals surface area contributed by atoms with Gasteiger partial charge in [0.1, 0.15) is 0 Å². The van der Waals surface area contributed by atoms with Crippen molar-refractivity contribution in [1.29, 1.82) is 0 Å². The molecule has 1 aliphatic carbocycles. The monoisotopic (exact) mass is 312 g/mol. The van der Waals surface area contributed by atoms with Gasteiger partial charge in [-0.2, -0.15) is 0 Å². The highest BCUT2D eigenvalue weighted by Gasteiger charge is 2.24. The molecule has 2 rings (SSSR count). The summed E-state index contributed by atoms with van der Waals surface area (Å²) in [5, 5.41) is 2.76. The summed E-state index contributed by atoms with van der Waals surface area (Å²) in [6.45, 7) is 2.06. The summed E-state index contributed by atoms with van der Waals surface area (Å²) in [6, 6.07) is 1.73. The van der Waals surface area contributed by atoms with Gasteiger partial charge < -0.3 is 15.8 Å². The van der Waals surface area contributed by atoms with Crippen LogP contribution in [0.25, 0.3) is 0 Å². The molecular formula is C16H22F2N2O2. The van der Waals surface area contributed by atoms with E-state index in [2.05, 4.69) is 5.32 Å². The molecule has 0 aromatic heterocycles. The summed E-state index contributed by atoms with van der Waals surface area (Å²) < 4.78 is 32.8. The van der Waals surface area contributed by atoms with Gasteiger partial charge >= 0.3 is 0 Å². The van der Waals surface area contributed by atoms with E-state index in [0.29, 0.717) is 6.42 Å². The van der Waals surface area contributed by atoms with Crippen molar-refractivity contribution >= 4 is 5.91 Å². The Balaban J connectivity index is 2.09. The molecule has 1 aliphatic rings. The number of carbonyl (C=O) groups is 1. The summed E-state index contributed by atoms with van der Waals surface area (Å²) in [4.78, 5) is 12.1. The van der Waals surface area contributed by atoms with Crippen LogP contribution in [0.15, 0.2) is 12.1 Å². The molecule has 0 aliphatic heterocycles. The number of nitrogens with one attached hydrogen (secondary N) is 1. The summed E-state index contributed by atoms with van der Waals surface area (Å²) in [5.41, 5.74) is 5.90. The van der Waals surface area contributed by atoms with Crippen LogP contribution >= 0.6 is 0 Å². The molecule has 4 nitrogen and oxygen atoms in total. The smallest absolute Gasteiger partial charge is 0.251 e. The van der Waals surface area contributed by atoms with Crippen LogP contribution in [-0.4, -0.2) is 24.6 Å². The van der Waals surface area contributed by atoms with E-state index in [1.165, 1.54) is 0 Å². The number of nitrogens with two attached hydrogens (primary N) is 1. The standard InChI is InChI=1S/C16H22F2N2O2/c1-2-7-22-15-11(17)8-10(9-12(15)18)16(21)20-14-6-4-3-5-13(14)19/h8-9,13-14H,2-7,19H2,1H3,(H,20,21). The van der Waals surface area contributed by atoms with Crippen molar-refractivity contribution in [3.63, 3.8) is 0 Å². The fourth-order valence-corrected chi connectivity index (χ4v) is 2.62. The second-order valence-corrected chi connectivity index (χ2v) is 5.65. The average molecular weight is 312 g/mol. The highest BCUT2D eigenvalue weighted by Crippen LogP contribution is 2.24. The Hall–Kier alpha value is -1.69. The van der Waals surface area contributed by atoms with Crippen LogP contribution in [0, 0.1) is 11.6 Å². The quantitative estimate of drug-likeness (QED) is 0.878. The first-order chi connectivity index (χ1) is 10.5. The van der Waals surface area contributed by atoms with E-state index in [0.717, 1.165) is 37.8 Å². The van der Waals surface area contributed by atoms with E-state index >= 15 is 0 Å². The summed E-state index contributed by atoms with van der Waals surface area (Å²) in [6.07, 6.45) is 4.30. The molecule has 0 bridgehead atoms. The summed E-state index contributed by atoms with van der Waals surface area (Å²) >= 11 is 0. The molecule has 22 heavy (non-hydrogen) atoms. The molecule has 0 spiro atoms. The lowest BCUT2D eigenvalue weighted by Crippen LogP contribution is -2.49. The fraction of sp³-hybridized carbons (Fsp3) is 0.562. The number of halogens is 2. The van der Waals surface area contributed by atoms with Crippen molar-refractivity contribution in [3.8, 4) is 5.75 Å². The molecule has 2 atom stereocenters. The van der Waals surface area contributed by atoms with Crippen molar-refractivity contribution in [2.24, 2.45) is 5.73 Å². The van der Waals surface area contributed by atoms with Gasteiger partial charge in [0.15, 0.2) is 17.4 Å². The Morgan fingerprint density at radius 1 is 1.32 bits per heavy atom. The molecule has 1 saturated carbocycles. The topological polar surface area (TPSA) is 64.3 Å². The Kier molecular flexibility index (Phi) is 5.71. The van der Waals surface area contributed by atoms with Crippen LogP contribution in [0.5, 0.6) is 5.75 Å². The molecule has 0 saturated heterocycles. The highest BCUT2D eigenvalue weighted by atomic mass is 19.1. The lowest BCUT2D eigenvalue weighted by molar-refractivity contribution is 0.0920. The van der Waals surface area contributed by atoms with Crippen LogP contribution in [0.4, 0.5) is 8.78 Å². The number of carbonyl (C=O) groups excluding carboxylic acids is 1. The zero-order valence-electron chi connectivity index (χ0n) is 12.7. The van der Waals surface area contributed by atoms with Crippen molar-refractivity contribution in [3.05, 3.63) is 29.3 Å². The van der Waals surface area contributed by atoms with Gasteiger partial charge in [-0.05, 0) is 31.4 Å². The van der Waals surface area contributed by atoms with E-state index in [1.54, 1.807) is 0 Å². The predicted octanol–water partition coefficient (Wildman–Crippen LogP) is 2.75. The number of hydrogen-bond donors (Lipinski definition) is 2. The number of hydrogen-bond acceptors (Lipinski definition) is 3. The van der Waals surface area contributed by atoms with Crippen molar-refractivity contribution in [2.45, 2.75) is 51.1 Å². The summed E-state index contributed by atoms with van der Waals surface area (Å²) in [5.74, 6) is -2.69. The first-order valence-corrected chi connectivity index (χ1v) is 7.71. The Morgan fingerprint density at radius 2 is 1.95 bits per heavy atom. The van der Waals surface area contributed by atoms with Gasteiger partial charge in [0.2, 0.25) is 0 Å². The first kappa shape index (κ1) is 16.7. The van der Waals surface area contributed by atoms with Crippen molar-refractivity contribution in [1.82, 2.24) is 5.32 Å². The fourth-order valence-electron chi connectivity index (χ4n) is 2.62. The second-order valence-electron chi connectivity index (χ2n) is 5.65. The third-order valence-corrected chi connectivity index (χ3v) is 3.85. The van der Waals surface area contributed by atoms with Gasteiger partial charge in [0.05, 0.1) is 6.61 Å². The van der Waals surface area contributed by atoms with Gasteiger partial charge in [-0.25, -0.2) is 8.78 Å². The lowest BCUT2D eigenvalue weighted by Gasteiger charge is -2.29. The van der Waals surface area contributed by atoms with Crippen LogP contribution < -0.4 is 15.8 Å². The third kappa shape index (κ3) is 3.94. The third-order valence-electron chi connectivity index (χ3n) is 3.85. The Labute approximate surface area is 129 Å². The van der Waals surface area contributed by atoms with Gasteiger partial charge in [0, 0.05) is 17.6 Å². The summed E-state index contributed by atoms with van der Waals surface area (Å²) in [7, 11) is 0. The van der Waals surface area contributed by atoms with Gasteiger partial charge in [-0.3, -0.25) is 4.79 Å². The van der Waals surface area contributed by atoms with E-state index in [4.69, 9.17) is 10.5 Å². The van der Waals surface area contributed by atoms with Gasteiger partial charge in [-0.15, -0.1) is 0 Å². The molecule has 1 amide bonds. The molecule has 3 N–H and O–H groups in total. The Bertz CT molecular complexity index is 514. The minimum Gasteiger partial charge on any atom is -0.488 e. The maximum Gasteiger partial charge on any atom is 0.251 e. The average Bonchev–Trinajstić information content (AvgIpc) is 2.48. The lowest BCUT2D eigenvalue weighted by atomic mass is 9.91. The van der Waals surface area contributed by atoms with Gasteiger partial charge in [0.25, 0.3) is 5.91 Å². The van der Waals surface area contributed by atoms with Crippen molar-refractivity contribution in [2.75, 3.05) is 6.61 Å². The van der Waals surface area contributed by atoms with Gasteiger partial charge in [-0.1, -0.05) is 19.8 Å². The van der Waals surface area contributed by atoms with Crippen LogP contribution in [0.3, 0.4) is 0 Å². The molecule has 122 valence electrons. The van der Waals surface area contributed by atoms with Crippen molar-refractivity contribution < 1.29 is 18.3 Å². The molecule has 2 unspecified atom stereocenters. The molecular weight excluding hydrogens is 290 g/mol. The van der Waals surface area contributed by atoms with Crippen LogP contribution in [0.2, 0.25) is 0 Å². The molecule has 1 aromatic carbocycles. The normalized spacial score (nSPS) is 21.5. The maximum atomic E-state index is 13.9. The van der Waals surface area contributed by atoms with E-state index in [1.807, 2.05) is 6.92 Å². The molecule has 0 heterocycles. The van der Waals surface area contributed by atoms with Crippen LogP contribution in [0.1, 0.15) is 49.4 Å². The predicted molar refractivity (Wildman–Crippen MR) is 79.8 cm³/mol. The van der Waals surface area contributed by atoms with E-state index in [-0.39, 0.29) is 24.3 Å². The number of amides is 1. The number of rotatable bonds is 5. The minimum atomic E-state index is -0.869. The molecule has 0 radical (unpaired) electrons. The zero-order chi connectivity index (χ0) is 16.1. The number of benzene rings is 1. The Morgan fingerprint density at radius 3 is 2.55 bits per heavy atom. The maximum absolute atomic E-state index is 13.9. The van der Waals surface area contributed by atoms with Crippen LogP contribution in [-0.2, 0) is 0 Å². The minimum absolute atomic E-state index is 0.0587. The SMILES string of the molecule is CCCOc1c(F)cc(C(=O)NC2CCCCC2N)cc1F. The van der Waals surface area contributed by atoms with E-state index < -0.39 is 23.3 Å². The first-order valence-electron chi connectivity index (χ1n) is 7.71. The van der Waals surface area contributed by atoms with E-state index in [9.17, 15) is 13.6 Å².